The molecular formula is C15H14BrFN2O2. The number of aliphatic hydroxyl groups is 1. The highest BCUT2D eigenvalue weighted by molar-refractivity contribution is 9.10. The predicted octanol–water partition coefficient (Wildman–Crippen LogP) is 3.22. The lowest BCUT2D eigenvalue weighted by Crippen LogP contribution is -2.39. The second-order valence-electron chi connectivity index (χ2n) is 4.54. The van der Waals surface area contributed by atoms with Crippen LogP contribution in [0.5, 0.6) is 0 Å². The van der Waals surface area contributed by atoms with Gasteiger partial charge in [-0.2, -0.15) is 0 Å². The average molecular weight is 353 g/mol. The topological polar surface area (TPSA) is 62.2 Å². The zero-order chi connectivity index (χ0) is 15.5. The van der Waals surface area contributed by atoms with Crippen molar-refractivity contribution in [1.29, 1.82) is 0 Å². The van der Waals surface area contributed by atoms with Gasteiger partial charge in [0.15, 0.2) is 5.60 Å². The monoisotopic (exact) mass is 352 g/mol. The first-order valence-electron chi connectivity index (χ1n) is 6.37. The van der Waals surface area contributed by atoms with Crippen LogP contribution in [-0.2, 0) is 10.4 Å². The van der Waals surface area contributed by atoms with E-state index in [0.29, 0.717) is 15.9 Å². The fraction of sp³-hybridized carbons (Fsp3) is 0.200. The van der Waals surface area contributed by atoms with Crippen molar-refractivity contribution in [2.24, 2.45) is 0 Å². The van der Waals surface area contributed by atoms with Crippen LogP contribution in [0.1, 0.15) is 18.9 Å². The fourth-order valence-corrected chi connectivity index (χ4v) is 2.30. The van der Waals surface area contributed by atoms with Crippen molar-refractivity contribution < 1.29 is 14.3 Å². The molecule has 0 saturated carbocycles. The number of pyridine rings is 1. The number of nitrogens with zero attached hydrogens (tertiary/aromatic N) is 1. The summed E-state index contributed by atoms with van der Waals surface area (Å²) in [5, 5.41) is 13.3. The maximum atomic E-state index is 13.0. The fourth-order valence-electron chi connectivity index (χ4n) is 1.94. The third-order valence-corrected chi connectivity index (χ3v) is 3.63. The van der Waals surface area contributed by atoms with Crippen molar-refractivity contribution in [3.05, 3.63) is 58.6 Å². The van der Waals surface area contributed by atoms with E-state index >= 15 is 0 Å². The lowest BCUT2D eigenvalue weighted by Gasteiger charge is -2.26. The molecule has 0 aliphatic rings. The summed E-state index contributed by atoms with van der Waals surface area (Å²) >= 11 is 3.21. The molecular weight excluding hydrogens is 339 g/mol. The molecule has 0 saturated heterocycles. The van der Waals surface area contributed by atoms with Gasteiger partial charge in [-0.3, -0.25) is 4.79 Å². The number of nitrogens with one attached hydrogen (secondary N) is 1. The van der Waals surface area contributed by atoms with E-state index in [0.717, 1.165) is 0 Å². The molecule has 0 aliphatic carbocycles. The Hall–Kier alpha value is -1.79. The molecule has 1 atom stereocenters. The highest BCUT2D eigenvalue weighted by Gasteiger charge is 2.36. The Morgan fingerprint density at radius 1 is 1.38 bits per heavy atom. The van der Waals surface area contributed by atoms with Gasteiger partial charge < -0.3 is 10.4 Å². The van der Waals surface area contributed by atoms with E-state index in [1.807, 2.05) is 0 Å². The second-order valence-corrected chi connectivity index (χ2v) is 5.35. The Labute approximate surface area is 130 Å². The third-order valence-electron chi connectivity index (χ3n) is 3.19. The second kappa shape index (κ2) is 6.32. The highest BCUT2D eigenvalue weighted by Crippen LogP contribution is 2.27. The molecule has 0 bridgehead atoms. The van der Waals surface area contributed by atoms with Gasteiger partial charge in [0.05, 0.1) is 0 Å². The number of halogens is 2. The summed E-state index contributed by atoms with van der Waals surface area (Å²) in [6, 6.07) is 8.47. The first-order chi connectivity index (χ1) is 9.95. The van der Waals surface area contributed by atoms with Gasteiger partial charge in [-0.25, -0.2) is 9.37 Å². The highest BCUT2D eigenvalue weighted by atomic mass is 79.9. The Balaban J connectivity index is 2.27. The summed E-state index contributed by atoms with van der Waals surface area (Å²) in [4.78, 5) is 16.3. The van der Waals surface area contributed by atoms with Crippen LogP contribution in [0.4, 0.5) is 10.1 Å². The van der Waals surface area contributed by atoms with Gasteiger partial charge in [0, 0.05) is 11.9 Å². The molecule has 6 heteroatoms. The lowest BCUT2D eigenvalue weighted by atomic mass is 9.90. The molecule has 1 amide bonds. The number of hydrogen-bond acceptors (Lipinski definition) is 3. The molecule has 110 valence electrons. The maximum Gasteiger partial charge on any atom is 0.260 e. The zero-order valence-corrected chi connectivity index (χ0v) is 12.9. The van der Waals surface area contributed by atoms with Crippen LogP contribution in [0, 0.1) is 5.82 Å². The van der Waals surface area contributed by atoms with Gasteiger partial charge >= 0.3 is 0 Å². The molecule has 0 radical (unpaired) electrons. The van der Waals surface area contributed by atoms with E-state index in [4.69, 9.17) is 0 Å². The maximum absolute atomic E-state index is 13.0. The SMILES string of the molecule is CCC(O)(C(=O)Nc1ccnc(Br)c1)c1ccc(F)cc1. The third kappa shape index (κ3) is 3.46. The van der Waals surface area contributed by atoms with Gasteiger partial charge in [0.25, 0.3) is 5.91 Å². The standard InChI is InChI=1S/C15H14BrFN2O2/c1-2-15(21,10-3-5-11(17)6-4-10)14(20)19-12-7-8-18-13(16)9-12/h3-9,21H,2H2,1H3,(H,18,19,20). The molecule has 2 rings (SSSR count). The molecule has 21 heavy (non-hydrogen) atoms. The molecule has 0 aliphatic heterocycles. The number of aromatic nitrogens is 1. The lowest BCUT2D eigenvalue weighted by molar-refractivity contribution is -0.135. The van der Waals surface area contributed by atoms with E-state index in [-0.39, 0.29) is 6.42 Å². The normalized spacial score (nSPS) is 13.5. The number of benzene rings is 1. The first-order valence-corrected chi connectivity index (χ1v) is 7.16. The van der Waals surface area contributed by atoms with Gasteiger partial charge in [0.1, 0.15) is 10.4 Å². The van der Waals surface area contributed by atoms with E-state index in [9.17, 15) is 14.3 Å². The quantitative estimate of drug-likeness (QED) is 0.830. The molecule has 0 fully saturated rings. The summed E-state index contributed by atoms with van der Waals surface area (Å²) in [6.07, 6.45) is 1.69. The van der Waals surface area contributed by atoms with E-state index in [2.05, 4.69) is 26.2 Å². The van der Waals surface area contributed by atoms with Gasteiger partial charge in [0.2, 0.25) is 0 Å². The largest absolute Gasteiger partial charge is 0.375 e. The minimum atomic E-state index is -1.72. The van der Waals surface area contributed by atoms with E-state index < -0.39 is 17.3 Å². The molecule has 1 aromatic heterocycles. The van der Waals surface area contributed by atoms with Crippen LogP contribution < -0.4 is 5.32 Å². The Bertz CT molecular complexity index is 648. The first kappa shape index (κ1) is 15.6. The summed E-state index contributed by atoms with van der Waals surface area (Å²) in [6.45, 7) is 1.69. The molecule has 1 heterocycles. The molecule has 2 aromatic rings. The smallest absolute Gasteiger partial charge is 0.260 e. The minimum Gasteiger partial charge on any atom is -0.375 e. The van der Waals surface area contributed by atoms with Crippen molar-refractivity contribution in [3.63, 3.8) is 0 Å². The Morgan fingerprint density at radius 3 is 2.62 bits per heavy atom. The van der Waals surface area contributed by atoms with Crippen LogP contribution in [0.15, 0.2) is 47.2 Å². The molecule has 0 spiro atoms. The predicted molar refractivity (Wildman–Crippen MR) is 81.2 cm³/mol. The Kier molecular flexibility index (Phi) is 4.69. The molecule has 1 aromatic carbocycles. The van der Waals surface area contributed by atoms with E-state index in [1.54, 1.807) is 19.1 Å². The van der Waals surface area contributed by atoms with Crippen LogP contribution in [-0.4, -0.2) is 16.0 Å². The molecule has 4 nitrogen and oxygen atoms in total. The van der Waals surface area contributed by atoms with Crippen LogP contribution >= 0.6 is 15.9 Å². The van der Waals surface area contributed by atoms with Gasteiger partial charge in [-0.15, -0.1) is 0 Å². The summed E-state index contributed by atoms with van der Waals surface area (Å²) in [5.41, 5.74) is -0.864. The zero-order valence-electron chi connectivity index (χ0n) is 11.3. The summed E-state index contributed by atoms with van der Waals surface area (Å²) in [5.74, 6) is -0.995. The van der Waals surface area contributed by atoms with Crippen LogP contribution in [0.3, 0.4) is 0 Å². The van der Waals surface area contributed by atoms with Gasteiger partial charge in [-0.1, -0.05) is 19.1 Å². The molecule has 2 N–H and O–H groups in total. The van der Waals surface area contributed by atoms with Crippen molar-refractivity contribution >= 4 is 27.5 Å². The van der Waals surface area contributed by atoms with Crippen molar-refractivity contribution in [2.75, 3.05) is 5.32 Å². The van der Waals surface area contributed by atoms with Crippen LogP contribution in [0.25, 0.3) is 0 Å². The van der Waals surface area contributed by atoms with Gasteiger partial charge in [-0.05, 0) is 52.2 Å². The van der Waals surface area contributed by atoms with Crippen molar-refractivity contribution in [1.82, 2.24) is 4.98 Å². The Morgan fingerprint density at radius 2 is 2.05 bits per heavy atom. The molecule has 1 unspecified atom stereocenters. The van der Waals surface area contributed by atoms with Crippen molar-refractivity contribution in [2.45, 2.75) is 18.9 Å². The van der Waals surface area contributed by atoms with Crippen LogP contribution in [0.2, 0.25) is 0 Å². The average Bonchev–Trinajstić information content (AvgIpc) is 2.47. The number of hydrogen-bond donors (Lipinski definition) is 2. The number of carbonyl (C=O) groups excluding carboxylic acids is 1. The minimum absolute atomic E-state index is 0.163. The number of rotatable bonds is 4. The summed E-state index contributed by atoms with van der Waals surface area (Å²) in [7, 11) is 0. The number of anilines is 1. The summed E-state index contributed by atoms with van der Waals surface area (Å²) < 4.78 is 13.5. The number of amides is 1. The van der Waals surface area contributed by atoms with Crippen molar-refractivity contribution in [3.8, 4) is 0 Å². The van der Waals surface area contributed by atoms with E-state index in [1.165, 1.54) is 30.5 Å². The number of carbonyl (C=O) groups is 1.